The highest BCUT2D eigenvalue weighted by molar-refractivity contribution is 5.67. The van der Waals surface area contributed by atoms with E-state index in [4.69, 9.17) is 13.6 Å². The monoisotopic (exact) mass is 281 g/mol. The Labute approximate surface area is 120 Å². The van der Waals surface area contributed by atoms with Crippen LogP contribution in [0.4, 0.5) is 0 Å². The number of hydrogen-bond acceptors (Lipinski definition) is 6. The maximum atomic E-state index is 9.43. The number of hydrogen-bond donors (Lipinski definition) is 0. The fraction of sp³-hybridized carbons (Fsp3) is 0.133. The predicted octanol–water partition coefficient (Wildman–Crippen LogP) is 3.09. The van der Waals surface area contributed by atoms with Crippen LogP contribution in [-0.2, 0) is 6.61 Å². The lowest BCUT2D eigenvalue weighted by Gasteiger charge is -2.11. The van der Waals surface area contributed by atoms with Gasteiger partial charge in [-0.3, -0.25) is 4.98 Å². The van der Waals surface area contributed by atoms with Gasteiger partial charge in [-0.05, 0) is 19.1 Å². The first-order chi connectivity index (χ1) is 10.3. The van der Waals surface area contributed by atoms with Gasteiger partial charge in [-0.25, -0.2) is 4.98 Å². The third kappa shape index (κ3) is 2.49. The number of nitriles is 1. The van der Waals surface area contributed by atoms with Crippen LogP contribution in [0.3, 0.4) is 0 Å². The fourth-order valence-corrected chi connectivity index (χ4v) is 1.94. The van der Waals surface area contributed by atoms with Crippen LogP contribution in [0.15, 0.2) is 45.9 Å². The lowest BCUT2D eigenvalue weighted by Crippen LogP contribution is -2.02. The summed E-state index contributed by atoms with van der Waals surface area (Å²) in [4.78, 5) is 8.24. The minimum atomic E-state index is 0.143. The van der Waals surface area contributed by atoms with E-state index in [1.165, 1.54) is 18.7 Å². The smallest absolute Gasteiger partial charge is 0.232 e. The van der Waals surface area contributed by atoms with E-state index < -0.39 is 0 Å². The summed E-state index contributed by atoms with van der Waals surface area (Å²) in [6.07, 6.45) is 6.18. The van der Waals surface area contributed by atoms with Crippen LogP contribution >= 0.6 is 0 Å². The molecule has 0 unspecified atom stereocenters. The Morgan fingerprint density at radius 2 is 2.19 bits per heavy atom. The molecule has 3 heterocycles. The molecular weight excluding hydrogens is 270 g/mol. The van der Waals surface area contributed by atoms with Crippen molar-refractivity contribution in [3.05, 3.63) is 54.1 Å². The zero-order valence-corrected chi connectivity index (χ0v) is 11.2. The topological polar surface area (TPSA) is 85.1 Å². The second kappa shape index (κ2) is 5.51. The molecule has 0 N–H and O–H groups in total. The molecule has 3 aromatic rings. The van der Waals surface area contributed by atoms with E-state index in [9.17, 15) is 5.26 Å². The molecule has 0 fully saturated rings. The van der Waals surface area contributed by atoms with E-state index in [0.29, 0.717) is 28.7 Å². The highest BCUT2D eigenvalue weighted by Crippen LogP contribution is 2.31. The summed E-state index contributed by atoms with van der Waals surface area (Å²) in [6.45, 7) is 1.97. The number of aryl methyl sites for hydroxylation is 1. The van der Waals surface area contributed by atoms with Crippen molar-refractivity contribution in [1.82, 2.24) is 9.97 Å². The van der Waals surface area contributed by atoms with Crippen molar-refractivity contribution in [2.24, 2.45) is 0 Å². The Balaban J connectivity index is 1.99. The molecule has 104 valence electrons. The van der Waals surface area contributed by atoms with Gasteiger partial charge < -0.3 is 13.6 Å². The van der Waals surface area contributed by atoms with Crippen LogP contribution in [0.5, 0.6) is 5.75 Å². The molecule has 0 spiro atoms. The maximum absolute atomic E-state index is 9.43. The molecule has 0 amide bonds. The molecule has 0 aromatic carbocycles. The first-order valence-corrected chi connectivity index (χ1v) is 6.24. The molecule has 0 aliphatic rings. The van der Waals surface area contributed by atoms with Gasteiger partial charge in [0.05, 0.1) is 12.5 Å². The second-order valence-corrected chi connectivity index (χ2v) is 4.30. The van der Waals surface area contributed by atoms with Crippen molar-refractivity contribution < 1.29 is 13.6 Å². The molecule has 0 atom stereocenters. The number of furan rings is 1. The summed E-state index contributed by atoms with van der Waals surface area (Å²) in [7, 11) is 0. The first kappa shape index (κ1) is 12.9. The van der Waals surface area contributed by atoms with Gasteiger partial charge >= 0.3 is 0 Å². The number of nitrogens with zero attached hydrogens (tertiary/aromatic N) is 3. The van der Waals surface area contributed by atoms with Crippen molar-refractivity contribution in [1.29, 1.82) is 5.26 Å². The fourth-order valence-electron chi connectivity index (χ4n) is 1.94. The standard InChI is InChI=1S/C15H11N3O3/c1-10-8-18-14(12-3-2-5-19-12)11(7-16)15(10)21-9-13-17-4-6-20-13/h2-6,8H,9H2,1H3. The predicted molar refractivity (Wildman–Crippen MR) is 72.2 cm³/mol. The van der Waals surface area contributed by atoms with E-state index >= 15 is 0 Å². The summed E-state index contributed by atoms with van der Waals surface area (Å²) in [6, 6.07) is 5.61. The number of aromatic nitrogens is 2. The van der Waals surface area contributed by atoms with Crippen molar-refractivity contribution in [2.45, 2.75) is 13.5 Å². The number of ether oxygens (including phenoxy) is 1. The van der Waals surface area contributed by atoms with E-state index in [1.807, 2.05) is 6.92 Å². The Bertz CT molecular complexity index is 771. The minimum absolute atomic E-state index is 0.143. The SMILES string of the molecule is Cc1cnc(-c2ccco2)c(C#N)c1OCc1ncco1. The summed E-state index contributed by atoms with van der Waals surface area (Å²) in [5.74, 6) is 1.42. The zero-order chi connectivity index (χ0) is 14.7. The van der Waals surface area contributed by atoms with Gasteiger partial charge in [0.25, 0.3) is 0 Å². The Morgan fingerprint density at radius 1 is 1.29 bits per heavy atom. The molecular formula is C15H11N3O3. The van der Waals surface area contributed by atoms with Gasteiger partial charge in [0.2, 0.25) is 5.89 Å². The van der Waals surface area contributed by atoms with Crippen molar-refractivity contribution >= 4 is 0 Å². The molecule has 0 aliphatic carbocycles. The Morgan fingerprint density at radius 3 is 2.86 bits per heavy atom. The van der Waals surface area contributed by atoms with Gasteiger partial charge in [-0.15, -0.1) is 0 Å². The molecule has 0 bridgehead atoms. The third-order valence-corrected chi connectivity index (χ3v) is 2.90. The molecule has 21 heavy (non-hydrogen) atoms. The second-order valence-electron chi connectivity index (χ2n) is 4.30. The van der Waals surface area contributed by atoms with E-state index in [2.05, 4.69) is 16.0 Å². The molecule has 6 heteroatoms. The summed E-state index contributed by atoms with van der Waals surface area (Å²) >= 11 is 0. The van der Waals surface area contributed by atoms with Crippen LogP contribution in [0.25, 0.3) is 11.5 Å². The van der Waals surface area contributed by atoms with Crippen molar-refractivity contribution in [3.8, 4) is 23.3 Å². The largest absolute Gasteiger partial charge is 0.482 e. The number of oxazole rings is 1. The molecule has 0 radical (unpaired) electrons. The van der Waals surface area contributed by atoms with Crippen LogP contribution in [0.2, 0.25) is 0 Å². The van der Waals surface area contributed by atoms with E-state index in [1.54, 1.807) is 18.3 Å². The summed E-state index contributed by atoms with van der Waals surface area (Å²) in [5, 5.41) is 9.43. The van der Waals surface area contributed by atoms with Crippen LogP contribution < -0.4 is 4.74 Å². The number of rotatable bonds is 4. The van der Waals surface area contributed by atoms with Crippen LogP contribution in [-0.4, -0.2) is 9.97 Å². The van der Waals surface area contributed by atoms with Crippen molar-refractivity contribution in [2.75, 3.05) is 0 Å². The average molecular weight is 281 g/mol. The molecule has 0 aliphatic heterocycles. The highest BCUT2D eigenvalue weighted by Gasteiger charge is 2.17. The molecule has 0 saturated heterocycles. The van der Waals surface area contributed by atoms with Crippen molar-refractivity contribution in [3.63, 3.8) is 0 Å². The van der Waals surface area contributed by atoms with Gasteiger partial charge in [0.15, 0.2) is 12.4 Å². The minimum Gasteiger partial charge on any atom is -0.482 e. The normalized spacial score (nSPS) is 10.3. The molecule has 6 nitrogen and oxygen atoms in total. The molecule has 3 rings (SSSR count). The summed E-state index contributed by atoms with van der Waals surface area (Å²) in [5.41, 5.74) is 1.54. The van der Waals surface area contributed by atoms with Crippen LogP contribution in [0.1, 0.15) is 17.0 Å². The maximum Gasteiger partial charge on any atom is 0.232 e. The van der Waals surface area contributed by atoms with Gasteiger partial charge in [0, 0.05) is 11.8 Å². The molecule has 3 aromatic heterocycles. The van der Waals surface area contributed by atoms with Crippen LogP contribution in [0, 0.1) is 18.3 Å². The first-order valence-electron chi connectivity index (χ1n) is 6.24. The Hall–Kier alpha value is -3.07. The lowest BCUT2D eigenvalue weighted by molar-refractivity contribution is 0.260. The third-order valence-electron chi connectivity index (χ3n) is 2.90. The zero-order valence-electron chi connectivity index (χ0n) is 11.2. The van der Waals surface area contributed by atoms with E-state index in [0.717, 1.165) is 5.56 Å². The molecule has 0 saturated carbocycles. The quantitative estimate of drug-likeness (QED) is 0.730. The van der Waals surface area contributed by atoms with Gasteiger partial charge in [-0.1, -0.05) is 0 Å². The highest BCUT2D eigenvalue weighted by atomic mass is 16.5. The summed E-state index contributed by atoms with van der Waals surface area (Å²) < 4.78 is 16.1. The van der Waals surface area contributed by atoms with E-state index in [-0.39, 0.29) is 6.61 Å². The van der Waals surface area contributed by atoms with Gasteiger partial charge in [0.1, 0.15) is 29.3 Å². The average Bonchev–Trinajstić information content (AvgIpc) is 3.18. The van der Waals surface area contributed by atoms with Gasteiger partial charge in [-0.2, -0.15) is 5.26 Å². The Kier molecular flexibility index (Phi) is 3.39. The number of pyridine rings is 1. The lowest BCUT2D eigenvalue weighted by atomic mass is 10.1.